The first-order chi connectivity index (χ1) is 12.8. The van der Waals surface area contributed by atoms with Crippen molar-refractivity contribution in [1.29, 1.82) is 0 Å². The topological polar surface area (TPSA) is 8.81 Å². The SMILES string of the molecule is CCCCCCCCCCCCCCCCCCCCn1cc[n+](C)c1.[I-]. The molecule has 0 fully saturated rings. The van der Waals surface area contributed by atoms with Gasteiger partial charge in [-0.1, -0.05) is 110 Å². The van der Waals surface area contributed by atoms with E-state index in [4.69, 9.17) is 0 Å². The van der Waals surface area contributed by atoms with E-state index in [1.54, 1.807) is 0 Å². The largest absolute Gasteiger partial charge is 1.00 e. The molecule has 0 radical (unpaired) electrons. The number of rotatable bonds is 19. The van der Waals surface area contributed by atoms with E-state index in [0.29, 0.717) is 0 Å². The van der Waals surface area contributed by atoms with Gasteiger partial charge in [0, 0.05) is 0 Å². The summed E-state index contributed by atoms with van der Waals surface area (Å²) in [6.45, 7) is 3.48. The van der Waals surface area contributed by atoms with Crippen molar-refractivity contribution in [2.75, 3.05) is 0 Å². The number of aryl methyl sites for hydroxylation is 2. The summed E-state index contributed by atoms with van der Waals surface area (Å²) in [5.41, 5.74) is 0. The second kappa shape index (κ2) is 20.7. The highest BCUT2D eigenvalue weighted by atomic mass is 127. The van der Waals surface area contributed by atoms with Gasteiger partial charge in [0.2, 0.25) is 6.33 Å². The van der Waals surface area contributed by atoms with Crippen LogP contribution in [0.1, 0.15) is 122 Å². The van der Waals surface area contributed by atoms with E-state index in [9.17, 15) is 0 Å². The molecular formula is C24H47IN2. The lowest BCUT2D eigenvalue weighted by Crippen LogP contribution is -3.00. The van der Waals surface area contributed by atoms with Crippen LogP contribution in [0.3, 0.4) is 0 Å². The minimum atomic E-state index is 0. The van der Waals surface area contributed by atoms with Gasteiger partial charge in [0.25, 0.3) is 0 Å². The Morgan fingerprint density at radius 2 is 0.963 bits per heavy atom. The first-order valence-electron chi connectivity index (χ1n) is 11.8. The van der Waals surface area contributed by atoms with Crippen molar-refractivity contribution in [2.24, 2.45) is 7.05 Å². The van der Waals surface area contributed by atoms with Crippen molar-refractivity contribution < 1.29 is 28.5 Å². The van der Waals surface area contributed by atoms with Crippen molar-refractivity contribution >= 4 is 0 Å². The molecule has 1 aromatic heterocycles. The van der Waals surface area contributed by atoms with Gasteiger partial charge in [-0.25, -0.2) is 9.13 Å². The molecule has 1 aromatic rings. The fourth-order valence-electron chi connectivity index (χ4n) is 3.83. The molecule has 0 saturated carbocycles. The number of nitrogens with zero attached hydrogens (tertiary/aromatic N) is 2. The fraction of sp³-hybridized carbons (Fsp3) is 0.875. The Morgan fingerprint density at radius 1 is 0.593 bits per heavy atom. The zero-order valence-corrected chi connectivity index (χ0v) is 20.6. The van der Waals surface area contributed by atoms with Gasteiger partial charge in [0.15, 0.2) is 0 Å². The molecule has 0 aliphatic heterocycles. The Hall–Kier alpha value is -0.0600. The fourth-order valence-corrected chi connectivity index (χ4v) is 3.83. The van der Waals surface area contributed by atoms with Crippen molar-refractivity contribution in [2.45, 2.75) is 129 Å². The molecule has 0 aliphatic carbocycles. The third kappa shape index (κ3) is 17.8. The molecule has 27 heavy (non-hydrogen) atoms. The average Bonchev–Trinajstić information content (AvgIpc) is 3.06. The second-order valence-electron chi connectivity index (χ2n) is 8.33. The molecule has 0 bridgehead atoms. The number of aromatic nitrogens is 2. The summed E-state index contributed by atoms with van der Waals surface area (Å²) in [5.74, 6) is 0. The molecule has 160 valence electrons. The van der Waals surface area contributed by atoms with Crippen molar-refractivity contribution in [1.82, 2.24) is 4.57 Å². The third-order valence-electron chi connectivity index (χ3n) is 5.59. The average molecular weight is 491 g/mol. The van der Waals surface area contributed by atoms with E-state index in [1.165, 1.54) is 122 Å². The van der Waals surface area contributed by atoms with Crippen molar-refractivity contribution in [3.8, 4) is 0 Å². The summed E-state index contributed by atoms with van der Waals surface area (Å²) < 4.78 is 4.42. The van der Waals surface area contributed by atoms with Crippen molar-refractivity contribution in [3.63, 3.8) is 0 Å². The van der Waals surface area contributed by atoms with Crippen LogP contribution in [-0.2, 0) is 13.6 Å². The lowest BCUT2D eigenvalue weighted by molar-refractivity contribution is -0.671. The Kier molecular flexibility index (Phi) is 20.6. The monoisotopic (exact) mass is 490 g/mol. The van der Waals surface area contributed by atoms with Gasteiger partial charge >= 0.3 is 0 Å². The first kappa shape index (κ1) is 26.9. The van der Waals surface area contributed by atoms with E-state index in [1.807, 2.05) is 0 Å². The third-order valence-corrected chi connectivity index (χ3v) is 5.59. The van der Waals surface area contributed by atoms with E-state index in [-0.39, 0.29) is 24.0 Å². The molecule has 2 nitrogen and oxygen atoms in total. The molecule has 0 unspecified atom stereocenters. The molecule has 0 amide bonds. The Labute approximate surface area is 187 Å². The quantitative estimate of drug-likeness (QED) is 0.155. The van der Waals surface area contributed by atoms with Gasteiger partial charge < -0.3 is 24.0 Å². The minimum Gasteiger partial charge on any atom is -1.00 e. The summed E-state index contributed by atoms with van der Waals surface area (Å²) in [4.78, 5) is 0. The molecule has 0 aliphatic rings. The van der Waals surface area contributed by atoms with Gasteiger partial charge in [0.05, 0.1) is 13.6 Å². The Morgan fingerprint density at radius 3 is 1.30 bits per heavy atom. The van der Waals surface area contributed by atoms with Crippen LogP contribution in [0.15, 0.2) is 18.7 Å². The molecule has 3 heteroatoms. The maximum atomic E-state index is 2.30. The van der Waals surface area contributed by atoms with Gasteiger partial charge in [0.1, 0.15) is 12.4 Å². The lowest BCUT2D eigenvalue weighted by Gasteiger charge is -2.03. The van der Waals surface area contributed by atoms with E-state index < -0.39 is 0 Å². The van der Waals surface area contributed by atoms with Gasteiger partial charge in [-0.05, 0) is 12.8 Å². The van der Waals surface area contributed by atoms with Crippen LogP contribution in [0, 0.1) is 0 Å². The Bertz CT molecular complexity index is 403. The van der Waals surface area contributed by atoms with E-state index in [2.05, 4.69) is 41.8 Å². The molecule has 0 N–H and O–H groups in total. The Balaban J connectivity index is 0.00000676. The maximum absolute atomic E-state index is 2.30. The normalized spacial score (nSPS) is 10.9. The highest BCUT2D eigenvalue weighted by Crippen LogP contribution is 2.14. The van der Waals surface area contributed by atoms with E-state index >= 15 is 0 Å². The second-order valence-corrected chi connectivity index (χ2v) is 8.33. The van der Waals surface area contributed by atoms with Crippen LogP contribution < -0.4 is 28.5 Å². The number of hydrogen-bond donors (Lipinski definition) is 0. The zero-order chi connectivity index (χ0) is 18.7. The molecular weight excluding hydrogens is 443 g/mol. The summed E-state index contributed by atoms with van der Waals surface area (Å²) >= 11 is 0. The summed E-state index contributed by atoms with van der Waals surface area (Å²) in [6, 6.07) is 0. The number of unbranched alkanes of at least 4 members (excludes halogenated alkanes) is 17. The van der Waals surface area contributed by atoms with Gasteiger partial charge in [-0.2, -0.15) is 0 Å². The molecule has 1 heterocycles. The van der Waals surface area contributed by atoms with Crippen LogP contribution in [0.2, 0.25) is 0 Å². The van der Waals surface area contributed by atoms with Crippen LogP contribution in [0.25, 0.3) is 0 Å². The van der Waals surface area contributed by atoms with Crippen LogP contribution in [-0.4, -0.2) is 4.57 Å². The van der Waals surface area contributed by atoms with E-state index in [0.717, 1.165) is 0 Å². The van der Waals surface area contributed by atoms with Crippen LogP contribution >= 0.6 is 0 Å². The lowest BCUT2D eigenvalue weighted by atomic mass is 10.0. The van der Waals surface area contributed by atoms with Gasteiger partial charge in [-0.3, -0.25) is 0 Å². The predicted octanol–water partition coefficient (Wildman–Crippen LogP) is 4.36. The predicted molar refractivity (Wildman–Crippen MR) is 114 cm³/mol. The summed E-state index contributed by atoms with van der Waals surface area (Å²) in [7, 11) is 2.09. The highest BCUT2D eigenvalue weighted by molar-refractivity contribution is 4.65. The molecule has 0 saturated heterocycles. The molecule has 1 rings (SSSR count). The van der Waals surface area contributed by atoms with Crippen LogP contribution in [0.4, 0.5) is 0 Å². The molecule has 0 spiro atoms. The van der Waals surface area contributed by atoms with Crippen molar-refractivity contribution in [3.05, 3.63) is 18.7 Å². The molecule has 0 aromatic carbocycles. The minimum absolute atomic E-state index is 0. The number of imidazole rings is 1. The highest BCUT2D eigenvalue weighted by Gasteiger charge is 1.99. The smallest absolute Gasteiger partial charge is 0.243 e. The van der Waals surface area contributed by atoms with Gasteiger partial charge in [-0.15, -0.1) is 0 Å². The number of hydrogen-bond acceptors (Lipinski definition) is 0. The standard InChI is InChI=1S/C24H47N2.HI/c1-3-4-5-6-7-8-9-10-11-12-13-14-15-16-17-18-19-20-21-26-23-22-25(2)24-26;/h22-24H,3-21H2,1-2H3;1H/q+1;/p-1. The molecule has 0 atom stereocenters. The summed E-state index contributed by atoms with van der Waals surface area (Å²) in [6.07, 6.45) is 32.5. The number of halogens is 1. The first-order valence-corrected chi connectivity index (χ1v) is 11.8. The maximum Gasteiger partial charge on any atom is 0.243 e. The van der Waals surface area contributed by atoms with Crippen LogP contribution in [0.5, 0.6) is 0 Å². The summed E-state index contributed by atoms with van der Waals surface area (Å²) in [5, 5.41) is 0. The zero-order valence-electron chi connectivity index (χ0n) is 18.4.